The van der Waals surface area contributed by atoms with Gasteiger partial charge in [-0.15, -0.1) is 0 Å². The molecule has 1 aliphatic rings. The van der Waals surface area contributed by atoms with E-state index in [1.165, 1.54) is 0 Å². The molecule has 2 atom stereocenters. The van der Waals surface area contributed by atoms with Crippen LogP contribution in [0.5, 0.6) is 5.75 Å². The number of nitrogens with zero attached hydrogens (tertiary/aromatic N) is 2. The lowest BCUT2D eigenvalue weighted by atomic mass is 9.96. The summed E-state index contributed by atoms with van der Waals surface area (Å²) in [5.41, 5.74) is 0.510. The van der Waals surface area contributed by atoms with Crippen molar-refractivity contribution in [3.63, 3.8) is 0 Å². The Bertz CT molecular complexity index is 430. The number of aryl methyl sites for hydroxylation is 1. The molecule has 1 aliphatic heterocycles. The highest BCUT2D eigenvalue weighted by molar-refractivity contribution is 5.99. The molecule has 2 unspecified atom stereocenters. The molecule has 6 heteroatoms. The van der Waals surface area contributed by atoms with Crippen LogP contribution in [-0.4, -0.2) is 48.5 Å². The molecule has 0 saturated carbocycles. The minimum Gasteiger partial charge on any atom is -0.493 e. The van der Waals surface area contributed by atoms with Crippen molar-refractivity contribution in [1.29, 1.82) is 0 Å². The summed E-state index contributed by atoms with van der Waals surface area (Å²) in [5, 5.41) is 7.34. The number of rotatable bonds is 5. The van der Waals surface area contributed by atoms with Crippen LogP contribution in [0, 0.1) is 5.92 Å². The lowest BCUT2D eigenvalue weighted by molar-refractivity contribution is 0.0879. The Morgan fingerprint density at radius 3 is 3.11 bits per heavy atom. The SMILES string of the molecule is CCNC1COCC1C(=O)c1c(OC)cnn1C. The first kappa shape index (κ1) is 13.0. The van der Waals surface area contributed by atoms with E-state index in [1.807, 2.05) is 6.92 Å². The van der Waals surface area contributed by atoms with Crippen LogP contribution in [0.25, 0.3) is 0 Å². The fraction of sp³-hybridized carbons (Fsp3) is 0.667. The summed E-state index contributed by atoms with van der Waals surface area (Å²) in [4.78, 5) is 12.5. The second-order valence-electron chi connectivity index (χ2n) is 4.36. The van der Waals surface area contributed by atoms with E-state index < -0.39 is 0 Å². The molecule has 2 rings (SSSR count). The van der Waals surface area contributed by atoms with E-state index in [1.54, 1.807) is 25.0 Å². The second kappa shape index (κ2) is 5.49. The average Bonchev–Trinajstić information content (AvgIpc) is 2.95. The number of nitrogens with one attached hydrogen (secondary N) is 1. The summed E-state index contributed by atoms with van der Waals surface area (Å²) < 4.78 is 12.1. The van der Waals surface area contributed by atoms with Crippen LogP contribution in [0.1, 0.15) is 17.4 Å². The number of aromatic nitrogens is 2. The third-order valence-electron chi connectivity index (χ3n) is 3.24. The molecular weight excluding hydrogens is 234 g/mol. The summed E-state index contributed by atoms with van der Waals surface area (Å²) in [6.45, 7) is 3.86. The molecule has 1 fully saturated rings. The molecule has 0 amide bonds. The molecule has 100 valence electrons. The highest BCUT2D eigenvalue weighted by Crippen LogP contribution is 2.24. The number of carbonyl (C=O) groups excluding carboxylic acids is 1. The topological polar surface area (TPSA) is 65.4 Å². The Morgan fingerprint density at radius 1 is 1.67 bits per heavy atom. The highest BCUT2D eigenvalue weighted by atomic mass is 16.5. The minimum atomic E-state index is -0.172. The lowest BCUT2D eigenvalue weighted by Gasteiger charge is -2.17. The van der Waals surface area contributed by atoms with Crippen molar-refractivity contribution < 1.29 is 14.3 Å². The number of hydrogen-bond donors (Lipinski definition) is 1. The number of likely N-dealkylation sites (N-methyl/N-ethyl adjacent to an activating group) is 1. The van der Waals surface area contributed by atoms with Crippen LogP contribution < -0.4 is 10.1 Å². The Hall–Kier alpha value is -1.40. The molecule has 0 aliphatic carbocycles. The Balaban J connectivity index is 2.22. The van der Waals surface area contributed by atoms with Gasteiger partial charge < -0.3 is 14.8 Å². The first-order chi connectivity index (χ1) is 8.69. The molecule has 1 saturated heterocycles. The molecule has 0 radical (unpaired) electrons. The summed E-state index contributed by atoms with van der Waals surface area (Å²) in [5.74, 6) is 0.370. The van der Waals surface area contributed by atoms with Crippen molar-refractivity contribution in [2.75, 3.05) is 26.9 Å². The van der Waals surface area contributed by atoms with Crippen molar-refractivity contribution >= 4 is 5.78 Å². The third-order valence-corrected chi connectivity index (χ3v) is 3.24. The van der Waals surface area contributed by atoms with Gasteiger partial charge in [0.05, 0.1) is 32.4 Å². The monoisotopic (exact) mass is 253 g/mol. The van der Waals surface area contributed by atoms with Crippen molar-refractivity contribution in [2.45, 2.75) is 13.0 Å². The van der Waals surface area contributed by atoms with Gasteiger partial charge in [-0.2, -0.15) is 5.10 Å². The molecule has 0 bridgehead atoms. The van der Waals surface area contributed by atoms with Crippen molar-refractivity contribution in [3.05, 3.63) is 11.9 Å². The van der Waals surface area contributed by atoms with Gasteiger partial charge in [-0.25, -0.2) is 0 Å². The normalized spacial score (nSPS) is 23.3. The molecule has 2 heterocycles. The third kappa shape index (κ3) is 2.26. The molecule has 0 aromatic carbocycles. The van der Waals surface area contributed by atoms with E-state index in [4.69, 9.17) is 9.47 Å². The number of ether oxygens (including phenoxy) is 2. The van der Waals surface area contributed by atoms with E-state index in [2.05, 4.69) is 10.4 Å². The molecule has 1 aromatic rings. The largest absolute Gasteiger partial charge is 0.493 e. The van der Waals surface area contributed by atoms with Crippen molar-refractivity contribution in [3.8, 4) is 5.75 Å². The zero-order chi connectivity index (χ0) is 13.1. The van der Waals surface area contributed by atoms with Gasteiger partial charge in [0.1, 0.15) is 5.69 Å². The fourth-order valence-corrected chi connectivity index (χ4v) is 2.30. The van der Waals surface area contributed by atoms with Crippen LogP contribution in [0.3, 0.4) is 0 Å². The van der Waals surface area contributed by atoms with Crippen LogP contribution >= 0.6 is 0 Å². The van der Waals surface area contributed by atoms with Gasteiger partial charge in [0.15, 0.2) is 11.5 Å². The van der Waals surface area contributed by atoms with Gasteiger partial charge in [-0.05, 0) is 6.54 Å². The smallest absolute Gasteiger partial charge is 0.191 e. The molecule has 1 aromatic heterocycles. The highest BCUT2D eigenvalue weighted by Gasteiger charge is 2.36. The van der Waals surface area contributed by atoms with E-state index in [0.717, 1.165) is 6.54 Å². The Kier molecular flexibility index (Phi) is 3.98. The number of ketones is 1. The maximum absolute atomic E-state index is 12.5. The van der Waals surface area contributed by atoms with Crippen molar-refractivity contribution in [2.24, 2.45) is 13.0 Å². The summed E-state index contributed by atoms with van der Waals surface area (Å²) in [6.07, 6.45) is 1.56. The molecule has 18 heavy (non-hydrogen) atoms. The zero-order valence-corrected chi connectivity index (χ0v) is 11.0. The van der Waals surface area contributed by atoms with E-state index >= 15 is 0 Å². The standard InChI is InChI=1S/C12H19N3O3/c1-4-13-9-7-18-6-8(9)12(16)11-10(17-3)5-14-15(11)2/h5,8-9,13H,4,6-7H2,1-3H3. The van der Waals surface area contributed by atoms with E-state index in [-0.39, 0.29) is 17.7 Å². The fourth-order valence-electron chi connectivity index (χ4n) is 2.30. The summed E-state index contributed by atoms with van der Waals surface area (Å²) in [6, 6.07) is 0.0714. The predicted molar refractivity (Wildman–Crippen MR) is 65.9 cm³/mol. The minimum absolute atomic E-state index is 0.0234. The molecule has 1 N–H and O–H groups in total. The maximum Gasteiger partial charge on any atom is 0.191 e. The molecular formula is C12H19N3O3. The Morgan fingerprint density at radius 2 is 2.44 bits per heavy atom. The van der Waals surface area contributed by atoms with Gasteiger partial charge in [-0.3, -0.25) is 9.48 Å². The average molecular weight is 253 g/mol. The molecule has 0 spiro atoms. The number of Topliss-reactive ketones (excluding diaryl/α,β-unsaturated/α-hetero) is 1. The van der Waals surface area contributed by atoms with E-state index in [9.17, 15) is 4.79 Å². The van der Waals surface area contributed by atoms with Crippen LogP contribution in [0.2, 0.25) is 0 Å². The van der Waals surface area contributed by atoms with E-state index in [0.29, 0.717) is 24.7 Å². The maximum atomic E-state index is 12.5. The van der Waals surface area contributed by atoms with Crippen molar-refractivity contribution in [1.82, 2.24) is 15.1 Å². The quantitative estimate of drug-likeness (QED) is 0.761. The summed E-state index contributed by atoms with van der Waals surface area (Å²) in [7, 11) is 3.29. The predicted octanol–water partition coefficient (Wildman–Crippen LogP) is 0.236. The molecule has 6 nitrogen and oxygen atoms in total. The van der Waals surface area contributed by atoms with Crippen LogP contribution in [0.15, 0.2) is 6.20 Å². The van der Waals surface area contributed by atoms with Gasteiger partial charge in [0.25, 0.3) is 0 Å². The van der Waals surface area contributed by atoms with Crippen LogP contribution in [-0.2, 0) is 11.8 Å². The first-order valence-electron chi connectivity index (χ1n) is 6.10. The van der Waals surface area contributed by atoms with Gasteiger partial charge >= 0.3 is 0 Å². The van der Waals surface area contributed by atoms with Crippen LogP contribution in [0.4, 0.5) is 0 Å². The Labute approximate surface area is 106 Å². The zero-order valence-electron chi connectivity index (χ0n) is 11.0. The number of hydrogen-bond acceptors (Lipinski definition) is 5. The first-order valence-corrected chi connectivity index (χ1v) is 6.10. The number of methoxy groups -OCH3 is 1. The van der Waals surface area contributed by atoms with Gasteiger partial charge in [0.2, 0.25) is 0 Å². The summed E-state index contributed by atoms with van der Waals surface area (Å²) >= 11 is 0. The van der Waals surface area contributed by atoms with Gasteiger partial charge in [0, 0.05) is 13.1 Å². The second-order valence-corrected chi connectivity index (χ2v) is 4.36. The van der Waals surface area contributed by atoms with Gasteiger partial charge in [-0.1, -0.05) is 6.92 Å². The lowest BCUT2D eigenvalue weighted by Crippen LogP contribution is -2.39. The number of carbonyl (C=O) groups is 1.